The lowest BCUT2D eigenvalue weighted by Crippen LogP contribution is -2.48. The Labute approximate surface area is 173 Å². The topological polar surface area (TPSA) is 60.9 Å². The van der Waals surface area contributed by atoms with E-state index in [0.717, 1.165) is 13.1 Å². The largest absolute Gasteiger partial charge is 0.368 e. The number of nitrogens with zero attached hydrogens (tertiary/aromatic N) is 3. The van der Waals surface area contributed by atoms with Gasteiger partial charge in [0.25, 0.3) is 5.91 Å². The average molecular weight is 416 g/mol. The molecule has 1 heterocycles. The van der Waals surface area contributed by atoms with Gasteiger partial charge in [-0.25, -0.2) is 8.42 Å². The van der Waals surface area contributed by atoms with E-state index >= 15 is 0 Å². The maximum Gasteiger partial charge on any atom is 0.254 e. The molecule has 1 aliphatic heterocycles. The van der Waals surface area contributed by atoms with E-state index in [1.807, 2.05) is 19.9 Å². The van der Waals surface area contributed by atoms with Crippen LogP contribution < -0.4 is 4.90 Å². The molecule has 156 valence electrons. The van der Waals surface area contributed by atoms with Crippen LogP contribution in [0.1, 0.15) is 29.8 Å². The summed E-state index contributed by atoms with van der Waals surface area (Å²) in [4.78, 5) is 17.2. The molecule has 2 aromatic carbocycles. The third kappa shape index (κ3) is 4.62. The molecule has 0 radical (unpaired) electrons. The molecule has 1 aliphatic rings. The Balaban J connectivity index is 1.72. The number of piperazine rings is 1. The Morgan fingerprint density at radius 3 is 2.28 bits per heavy atom. The fourth-order valence-electron chi connectivity index (χ4n) is 3.41. The Bertz CT molecular complexity index is 980. The second-order valence-corrected chi connectivity index (χ2v) is 9.76. The molecule has 0 atom stereocenters. The molecule has 3 rings (SSSR count). The first-order chi connectivity index (χ1) is 13.7. The predicted octanol–water partition coefficient (Wildman–Crippen LogP) is 2.99. The molecule has 7 heteroatoms. The molecule has 1 fully saturated rings. The van der Waals surface area contributed by atoms with Crippen molar-refractivity contribution in [3.8, 4) is 0 Å². The van der Waals surface area contributed by atoms with Gasteiger partial charge >= 0.3 is 0 Å². The maximum atomic E-state index is 13.0. The number of hydrogen-bond donors (Lipinski definition) is 0. The van der Waals surface area contributed by atoms with Crippen LogP contribution in [0.3, 0.4) is 0 Å². The minimum absolute atomic E-state index is 0.127. The molecule has 1 saturated heterocycles. The molecule has 0 bridgehead atoms. The smallest absolute Gasteiger partial charge is 0.254 e. The second kappa shape index (κ2) is 8.55. The van der Waals surface area contributed by atoms with Gasteiger partial charge in [-0.2, -0.15) is 4.31 Å². The zero-order valence-electron chi connectivity index (χ0n) is 17.5. The van der Waals surface area contributed by atoms with Crippen LogP contribution in [0.2, 0.25) is 0 Å². The quantitative estimate of drug-likeness (QED) is 0.753. The lowest BCUT2D eigenvalue weighted by molar-refractivity contribution is 0.0746. The number of rotatable bonds is 5. The third-order valence-electron chi connectivity index (χ3n) is 5.42. The van der Waals surface area contributed by atoms with Crippen LogP contribution in [0, 0.1) is 6.92 Å². The summed E-state index contributed by atoms with van der Waals surface area (Å²) >= 11 is 0. The molecule has 0 saturated carbocycles. The summed E-state index contributed by atoms with van der Waals surface area (Å²) in [6.07, 6.45) is 0. The van der Waals surface area contributed by atoms with Crippen molar-refractivity contribution in [3.05, 3.63) is 59.7 Å². The van der Waals surface area contributed by atoms with Gasteiger partial charge in [-0.15, -0.1) is 0 Å². The van der Waals surface area contributed by atoms with Crippen LogP contribution in [-0.4, -0.2) is 62.8 Å². The molecule has 0 aromatic heterocycles. The SMILES string of the molecule is Cc1cccc(N2CCN(C(=O)c3cccc(S(=O)(=O)N(C)C(C)C)c3)CC2)c1. The van der Waals surface area contributed by atoms with E-state index in [0.29, 0.717) is 18.7 Å². The molecule has 2 aromatic rings. The Morgan fingerprint density at radius 2 is 1.66 bits per heavy atom. The monoisotopic (exact) mass is 415 g/mol. The zero-order valence-corrected chi connectivity index (χ0v) is 18.3. The van der Waals surface area contributed by atoms with Crippen LogP contribution in [0.5, 0.6) is 0 Å². The lowest BCUT2D eigenvalue weighted by atomic mass is 10.1. The minimum atomic E-state index is -3.62. The number of anilines is 1. The van der Waals surface area contributed by atoms with Crippen molar-refractivity contribution in [2.45, 2.75) is 31.7 Å². The fraction of sp³-hybridized carbons (Fsp3) is 0.409. The molecule has 0 aliphatic carbocycles. The summed E-state index contributed by atoms with van der Waals surface area (Å²) in [5.41, 5.74) is 2.79. The molecular weight excluding hydrogens is 386 g/mol. The number of carbonyl (C=O) groups excluding carboxylic acids is 1. The van der Waals surface area contributed by atoms with E-state index < -0.39 is 10.0 Å². The standard InChI is InChI=1S/C22H29N3O3S/c1-17(2)23(4)29(27,28)21-10-6-8-19(16-21)22(26)25-13-11-24(12-14-25)20-9-5-7-18(3)15-20/h5-10,15-17H,11-14H2,1-4H3. The van der Waals surface area contributed by atoms with Crippen molar-refractivity contribution in [2.24, 2.45) is 0 Å². The minimum Gasteiger partial charge on any atom is -0.368 e. The lowest BCUT2D eigenvalue weighted by Gasteiger charge is -2.36. The van der Waals surface area contributed by atoms with Gasteiger partial charge in [-0.3, -0.25) is 4.79 Å². The van der Waals surface area contributed by atoms with E-state index in [-0.39, 0.29) is 16.8 Å². The number of hydrogen-bond acceptors (Lipinski definition) is 4. The highest BCUT2D eigenvalue weighted by atomic mass is 32.2. The van der Waals surface area contributed by atoms with Gasteiger partial charge in [0, 0.05) is 50.5 Å². The molecule has 0 spiro atoms. The number of sulfonamides is 1. The second-order valence-electron chi connectivity index (χ2n) is 7.76. The van der Waals surface area contributed by atoms with E-state index in [1.165, 1.54) is 21.6 Å². The number of aryl methyl sites for hydroxylation is 1. The summed E-state index contributed by atoms with van der Waals surface area (Å²) in [5, 5.41) is 0. The summed E-state index contributed by atoms with van der Waals surface area (Å²) in [6, 6.07) is 14.5. The maximum absolute atomic E-state index is 13.0. The van der Waals surface area contributed by atoms with Gasteiger partial charge in [0.1, 0.15) is 0 Å². The van der Waals surface area contributed by atoms with Gasteiger partial charge in [0.05, 0.1) is 4.90 Å². The van der Waals surface area contributed by atoms with Crippen molar-refractivity contribution in [2.75, 3.05) is 38.1 Å². The predicted molar refractivity (Wildman–Crippen MR) is 116 cm³/mol. The van der Waals surface area contributed by atoms with Crippen molar-refractivity contribution in [1.29, 1.82) is 0 Å². The highest BCUT2D eigenvalue weighted by molar-refractivity contribution is 7.89. The molecule has 29 heavy (non-hydrogen) atoms. The summed E-state index contributed by atoms with van der Waals surface area (Å²) in [5.74, 6) is -0.127. The first-order valence-electron chi connectivity index (χ1n) is 9.89. The number of benzene rings is 2. The highest BCUT2D eigenvalue weighted by Gasteiger charge is 2.26. The molecule has 1 amide bonds. The Hall–Kier alpha value is -2.38. The first kappa shape index (κ1) is 21.3. The van der Waals surface area contributed by atoms with Gasteiger partial charge in [0.15, 0.2) is 0 Å². The van der Waals surface area contributed by atoms with Gasteiger partial charge < -0.3 is 9.80 Å². The van der Waals surface area contributed by atoms with Gasteiger partial charge in [-0.1, -0.05) is 18.2 Å². The van der Waals surface area contributed by atoms with Crippen LogP contribution in [0.15, 0.2) is 53.4 Å². The average Bonchev–Trinajstić information content (AvgIpc) is 2.72. The molecule has 6 nitrogen and oxygen atoms in total. The Kier molecular flexibility index (Phi) is 6.29. The van der Waals surface area contributed by atoms with Crippen molar-refractivity contribution in [1.82, 2.24) is 9.21 Å². The first-order valence-corrected chi connectivity index (χ1v) is 11.3. The van der Waals surface area contributed by atoms with E-state index in [1.54, 1.807) is 30.1 Å². The van der Waals surface area contributed by atoms with Gasteiger partial charge in [0.2, 0.25) is 10.0 Å². The normalized spacial score (nSPS) is 15.2. The van der Waals surface area contributed by atoms with Crippen molar-refractivity contribution < 1.29 is 13.2 Å². The van der Waals surface area contributed by atoms with Crippen LogP contribution in [0.4, 0.5) is 5.69 Å². The summed E-state index contributed by atoms with van der Waals surface area (Å²) in [7, 11) is -2.06. The Morgan fingerprint density at radius 1 is 1.00 bits per heavy atom. The fourth-order valence-corrected chi connectivity index (χ4v) is 4.82. The molecular formula is C22H29N3O3S. The van der Waals surface area contributed by atoms with Crippen LogP contribution >= 0.6 is 0 Å². The zero-order chi connectivity index (χ0) is 21.2. The van der Waals surface area contributed by atoms with E-state index in [4.69, 9.17) is 0 Å². The van der Waals surface area contributed by atoms with E-state index in [2.05, 4.69) is 30.0 Å². The molecule has 0 N–H and O–H groups in total. The molecule has 0 unspecified atom stereocenters. The van der Waals surface area contributed by atoms with Gasteiger partial charge in [-0.05, 0) is 56.7 Å². The number of amides is 1. The van der Waals surface area contributed by atoms with Crippen LogP contribution in [0.25, 0.3) is 0 Å². The third-order valence-corrected chi connectivity index (χ3v) is 7.45. The van der Waals surface area contributed by atoms with Crippen molar-refractivity contribution >= 4 is 21.6 Å². The van der Waals surface area contributed by atoms with E-state index in [9.17, 15) is 13.2 Å². The highest BCUT2D eigenvalue weighted by Crippen LogP contribution is 2.21. The summed E-state index contributed by atoms with van der Waals surface area (Å²) < 4.78 is 26.8. The summed E-state index contributed by atoms with van der Waals surface area (Å²) in [6.45, 7) is 8.43. The van der Waals surface area contributed by atoms with Crippen LogP contribution in [-0.2, 0) is 10.0 Å². The number of carbonyl (C=O) groups is 1. The van der Waals surface area contributed by atoms with Crippen molar-refractivity contribution in [3.63, 3.8) is 0 Å².